The van der Waals surface area contributed by atoms with Crippen LogP contribution < -0.4 is 14.4 Å². The minimum Gasteiger partial charge on any atom is -0.497 e. The predicted molar refractivity (Wildman–Crippen MR) is 102 cm³/mol. The van der Waals surface area contributed by atoms with Crippen molar-refractivity contribution in [3.63, 3.8) is 0 Å². The molecule has 1 aliphatic rings. The number of anilines is 1. The molecule has 2 aromatic carbocycles. The number of benzene rings is 2. The van der Waals surface area contributed by atoms with Gasteiger partial charge < -0.3 is 14.4 Å². The van der Waals surface area contributed by atoms with E-state index in [1.807, 2.05) is 0 Å². The zero-order valence-electron chi connectivity index (χ0n) is 14.8. The summed E-state index contributed by atoms with van der Waals surface area (Å²) in [5.74, 6) is -0.332. The molecule has 0 bridgehead atoms. The maximum Gasteiger partial charge on any atom is 0.261 e. The monoisotopic (exact) mass is 432 g/mol. The van der Waals surface area contributed by atoms with E-state index in [1.165, 1.54) is 19.1 Å². The predicted octanol–water partition coefficient (Wildman–Crippen LogP) is 2.48. The van der Waals surface area contributed by atoms with Crippen LogP contribution >= 0.6 is 15.9 Å². The quantitative estimate of drug-likeness (QED) is 0.693. The van der Waals surface area contributed by atoms with E-state index in [1.54, 1.807) is 42.5 Å². The van der Waals surface area contributed by atoms with Gasteiger partial charge in [-0.2, -0.15) is 0 Å². The van der Waals surface area contributed by atoms with Crippen LogP contribution in [0.2, 0.25) is 0 Å². The number of methoxy groups -OCH3 is 2. The van der Waals surface area contributed by atoms with E-state index >= 15 is 0 Å². The first kappa shape index (κ1) is 18.9. The van der Waals surface area contributed by atoms with Gasteiger partial charge in [-0.1, -0.05) is 22.0 Å². The average molecular weight is 433 g/mol. The summed E-state index contributed by atoms with van der Waals surface area (Å²) in [5, 5.41) is 0. The van der Waals surface area contributed by atoms with Gasteiger partial charge in [0.15, 0.2) is 0 Å². The molecule has 1 heterocycles. The summed E-state index contributed by atoms with van der Waals surface area (Å²) in [6, 6.07) is 11.6. The number of amides is 3. The van der Waals surface area contributed by atoms with Gasteiger partial charge in [0.25, 0.3) is 5.91 Å². The molecule has 8 heteroatoms. The molecule has 0 N–H and O–H groups in total. The topological polar surface area (TPSA) is 76.2 Å². The Labute approximate surface area is 164 Å². The highest BCUT2D eigenvalue weighted by Crippen LogP contribution is 2.29. The summed E-state index contributed by atoms with van der Waals surface area (Å²) in [7, 11) is 3.00. The van der Waals surface area contributed by atoms with E-state index in [2.05, 4.69) is 15.9 Å². The smallest absolute Gasteiger partial charge is 0.261 e. The summed E-state index contributed by atoms with van der Waals surface area (Å²) in [5.41, 5.74) is 0.807. The molecule has 1 saturated heterocycles. The van der Waals surface area contributed by atoms with Crippen LogP contribution in [0.25, 0.3) is 0 Å². The number of piperazine rings is 1. The van der Waals surface area contributed by atoms with Crippen LogP contribution in [0.5, 0.6) is 11.5 Å². The molecular formula is C19H17BrN2O5. The lowest BCUT2D eigenvalue weighted by Gasteiger charge is -2.33. The number of ether oxygens (including phenoxy) is 2. The van der Waals surface area contributed by atoms with Gasteiger partial charge in [-0.25, -0.2) is 0 Å². The van der Waals surface area contributed by atoms with Crippen molar-refractivity contribution in [1.29, 1.82) is 0 Å². The van der Waals surface area contributed by atoms with Crippen LogP contribution in [0.15, 0.2) is 46.9 Å². The number of carbonyl (C=O) groups excluding carboxylic acids is 3. The normalized spacial score (nSPS) is 14.3. The molecule has 0 atom stereocenters. The molecule has 27 heavy (non-hydrogen) atoms. The second kappa shape index (κ2) is 7.79. The van der Waals surface area contributed by atoms with E-state index in [-0.39, 0.29) is 19.0 Å². The third-order valence-electron chi connectivity index (χ3n) is 4.15. The highest BCUT2D eigenvalue weighted by Gasteiger charge is 2.35. The van der Waals surface area contributed by atoms with Crippen molar-refractivity contribution in [3.05, 3.63) is 52.5 Å². The van der Waals surface area contributed by atoms with Gasteiger partial charge in [-0.3, -0.25) is 19.3 Å². The second-order valence-electron chi connectivity index (χ2n) is 5.85. The summed E-state index contributed by atoms with van der Waals surface area (Å²) < 4.78 is 11.1. The van der Waals surface area contributed by atoms with Crippen LogP contribution in [0.1, 0.15) is 10.4 Å². The van der Waals surface area contributed by atoms with E-state index < -0.39 is 11.8 Å². The lowest BCUT2D eigenvalue weighted by Crippen LogP contribution is -2.55. The molecule has 140 valence electrons. The Morgan fingerprint density at radius 3 is 2.22 bits per heavy atom. The van der Waals surface area contributed by atoms with Crippen molar-refractivity contribution < 1.29 is 23.9 Å². The maximum absolute atomic E-state index is 12.6. The Morgan fingerprint density at radius 2 is 1.63 bits per heavy atom. The van der Waals surface area contributed by atoms with E-state index in [9.17, 15) is 14.4 Å². The zero-order valence-corrected chi connectivity index (χ0v) is 16.4. The molecule has 0 spiro atoms. The van der Waals surface area contributed by atoms with Gasteiger partial charge in [-0.05, 0) is 18.2 Å². The molecule has 0 unspecified atom stereocenters. The van der Waals surface area contributed by atoms with Crippen LogP contribution in [0, 0.1) is 0 Å². The first-order valence-corrected chi connectivity index (χ1v) is 8.86. The summed E-state index contributed by atoms with van der Waals surface area (Å²) >= 11 is 3.29. The molecule has 1 fully saturated rings. The molecular weight excluding hydrogens is 416 g/mol. The molecule has 0 radical (unpaired) electrons. The first-order valence-electron chi connectivity index (χ1n) is 8.06. The third-order valence-corrected chi connectivity index (χ3v) is 4.65. The lowest BCUT2D eigenvalue weighted by molar-refractivity contribution is -0.135. The van der Waals surface area contributed by atoms with Crippen LogP contribution in [-0.2, 0) is 9.59 Å². The van der Waals surface area contributed by atoms with Crippen LogP contribution in [-0.4, -0.2) is 49.9 Å². The van der Waals surface area contributed by atoms with E-state index in [4.69, 9.17) is 9.47 Å². The van der Waals surface area contributed by atoms with Gasteiger partial charge in [0.2, 0.25) is 11.8 Å². The molecule has 0 saturated carbocycles. The molecule has 3 amide bonds. The minimum absolute atomic E-state index is 0.241. The Morgan fingerprint density at radius 1 is 0.963 bits per heavy atom. The van der Waals surface area contributed by atoms with Crippen molar-refractivity contribution in [2.24, 2.45) is 0 Å². The molecule has 0 aliphatic carbocycles. The van der Waals surface area contributed by atoms with Crippen molar-refractivity contribution in [3.8, 4) is 11.5 Å². The SMILES string of the molecule is COc1cc(OC)cc(N2CC(=O)N(C(=O)c3cccc(Br)c3)CC2=O)c1. The number of carbonyl (C=O) groups is 3. The lowest BCUT2D eigenvalue weighted by atomic mass is 10.1. The maximum atomic E-state index is 12.6. The first-order chi connectivity index (χ1) is 12.9. The van der Waals surface area contributed by atoms with Crippen LogP contribution in [0.3, 0.4) is 0 Å². The van der Waals surface area contributed by atoms with Crippen molar-refractivity contribution in [2.45, 2.75) is 0 Å². The summed E-state index contributed by atoms with van der Waals surface area (Å²) in [6.07, 6.45) is 0. The zero-order chi connectivity index (χ0) is 19.6. The number of rotatable bonds is 4. The van der Waals surface area contributed by atoms with Gasteiger partial charge in [0.1, 0.15) is 24.6 Å². The summed E-state index contributed by atoms with van der Waals surface area (Å²) in [6.45, 7) is -0.571. The summed E-state index contributed by atoms with van der Waals surface area (Å²) in [4.78, 5) is 40.1. The Balaban J connectivity index is 1.84. The fraction of sp³-hybridized carbons (Fsp3) is 0.211. The molecule has 3 rings (SSSR count). The number of hydrogen-bond acceptors (Lipinski definition) is 5. The van der Waals surface area contributed by atoms with Crippen molar-refractivity contribution >= 4 is 39.3 Å². The largest absolute Gasteiger partial charge is 0.497 e. The van der Waals surface area contributed by atoms with Gasteiger partial charge in [0.05, 0.1) is 19.9 Å². The Hall–Kier alpha value is -2.87. The fourth-order valence-electron chi connectivity index (χ4n) is 2.76. The van der Waals surface area contributed by atoms with Gasteiger partial charge in [-0.15, -0.1) is 0 Å². The van der Waals surface area contributed by atoms with Gasteiger partial charge >= 0.3 is 0 Å². The number of halogens is 1. The molecule has 1 aliphatic heterocycles. The molecule has 0 aromatic heterocycles. The second-order valence-corrected chi connectivity index (χ2v) is 6.76. The number of imide groups is 1. The van der Waals surface area contributed by atoms with E-state index in [0.29, 0.717) is 27.2 Å². The Bertz CT molecular complexity index is 892. The highest BCUT2D eigenvalue weighted by atomic mass is 79.9. The third kappa shape index (κ3) is 3.95. The number of hydrogen-bond donors (Lipinski definition) is 0. The highest BCUT2D eigenvalue weighted by molar-refractivity contribution is 9.10. The fourth-order valence-corrected chi connectivity index (χ4v) is 3.16. The standard InChI is InChI=1S/C19H17BrN2O5/c1-26-15-7-14(8-16(9-15)27-2)21-10-18(24)22(11-17(21)23)19(25)12-4-3-5-13(20)6-12/h3-9H,10-11H2,1-2H3. The average Bonchev–Trinajstić information content (AvgIpc) is 2.68. The van der Waals surface area contributed by atoms with Crippen molar-refractivity contribution in [1.82, 2.24) is 4.90 Å². The number of nitrogens with zero attached hydrogens (tertiary/aromatic N) is 2. The van der Waals surface area contributed by atoms with Gasteiger partial charge in [0, 0.05) is 28.2 Å². The Kier molecular flexibility index (Phi) is 5.46. The van der Waals surface area contributed by atoms with Crippen LogP contribution in [0.4, 0.5) is 5.69 Å². The van der Waals surface area contributed by atoms with Crippen molar-refractivity contribution in [2.75, 3.05) is 32.2 Å². The van der Waals surface area contributed by atoms with E-state index in [0.717, 1.165) is 4.90 Å². The molecule has 7 nitrogen and oxygen atoms in total. The minimum atomic E-state index is -0.502. The molecule has 2 aromatic rings.